The summed E-state index contributed by atoms with van der Waals surface area (Å²) in [5.41, 5.74) is 2.97. The van der Waals surface area contributed by atoms with Crippen LogP contribution in [0.25, 0.3) is 0 Å². The third kappa shape index (κ3) is 2.22. The third-order valence-corrected chi connectivity index (χ3v) is 1.93. The summed E-state index contributed by atoms with van der Waals surface area (Å²) < 4.78 is 11.8. The van der Waals surface area contributed by atoms with Crippen LogP contribution in [0, 0.1) is 0 Å². The summed E-state index contributed by atoms with van der Waals surface area (Å²) in [5.74, 6) is 1.30. The highest BCUT2D eigenvalue weighted by atomic mass is 16.5. The van der Waals surface area contributed by atoms with Gasteiger partial charge in [0, 0.05) is 12.4 Å². The molecule has 0 fully saturated rings. The Kier molecular flexibility index (Phi) is 2.90. The Labute approximate surface area is 92.8 Å². The number of methoxy groups -OCH3 is 2. The van der Waals surface area contributed by atoms with Gasteiger partial charge in [0.1, 0.15) is 0 Å². The molecule has 0 aliphatic carbocycles. The predicted octanol–water partition coefficient (Wildman–Crippen LogP) is 1.17. The summed E-state index contributed by atoms with van der Waals surface area (Å²) in [5, 5.41) is 0. The highest BCUT2D eigenvalue weighted by molar-refractivity contribution is 5.33. The molecule has 2 aromatic rings. The van der Waals surface area contributed by atoms with E-state index in [4.69, 9.17) is 9.47 Å². The summed E-state index contributed by atoms with van der Waals surface area (Å²) in [6.07, 6.45) is 3.69. The van der Waals surface area contributed by atoms with Gasteiger partial charge in [0.2, 0.25) is 17.7 Å². The molecule has 0 saturated carbocycles. The van der Waals surface area contributed by atoms with E-state index in [9.17, 15) is 0 Å². The average molecular weight is 220 g/mol. The summed E-state index contributed by atoms with van der Waals surface area (Å²) >= 11 is 0. The molecule has 0 saturated heterocycles. The lowest BCUT2D eigenvalue weighted by Crippen LogP contribution is -2.10. The minimum atomic E-state index is 0.410. The second-order valence-corrected chi connectivity index (χ2v) is 2.98. The van der Waals surface area contributed by atoms with Crippen molar-refractivity contribution in [2.75, 3.05) is 19.6 Å². The van der Waals surface area contributed by atoms with Crippen LogP contribution in [0.15, 0.2) is 30.6 Å². The van der Waals surface area contributed by atoms with E-state index in [1.165, 1.54) is 0 Å². The van der Waals surface area contributed by atoms with E-state index in [1.54, 1.807) is 25.0 Å². The van der Waals surface area contributed by atoms with E-state index >= 15 is 0 Å². The number of ether oxygens (including phenoxy) is 2. The van der Waals surface area contributed by atoms with Crippen LogP contribution >= 0.6 is 0 Å². The van der Waals surface area contributed by atoms with Crippen molar-refractivity contribution in [3.05, 3.63) is 30.6 Å². The zero-order chi connectivity index (χ0) is 11.4. The molecule has 0 atom stereocenters. The van der Waals surface area contributed by atoms with Crippen LogP contribution in [0.5, 0.6) is 11.8 Å². The molecule has 0 aliphatic heterocycles. The van der Waals surface area contributed by atoms with Crippen molar-refractivity contribution >= 4 is 5.95 Å². The first-order valence-corrected chi connectivity index (χ1v) is 4.69. The van der Waals surface area contributed by atoms with Gasteiger partial charge >= 0.3 is 0 Å². The molecule has 0 aromatic carbocycles. The van der Waals surface area contributed by atoms with Crippen molar-refractivity contribution in [3.8, 4) is 11.8 Å². The Hall–Kier alpha value is -2.24. The number of hydrogen-bond acceptors (Lipinski definition) is 5. The Morgan fingerprint density at radius 3 is 2.12 bits per heavy atom. The number of hydrogen-bond donors (Lipinski definition) is 1. The largest absolute Gasteiger partial charge is 0.481 e. The second-order valence-electron chi connectivity index (χ2n) is 2.98. The molecule has 0 unspecified atom stereocenters. The Morgan fingerprint density at radius 1 is 1.06 bits per heavy atom. The van der Waals surface area contributed by atoms with Crippen LogP contribution in [0.4, 0.5) is 5.95 Å². The normalized spacial score (nSPS) is 9.88. The van der Waals surface area contributed by atoms with Crippen LogP contribution in [-0.2, 0) is 0 Å². The van der Waals surface area contributed by atoms with Gasteiger partial charge in [-0.3, -0.25) is 10.1 Å². The van der Waals surface area contributed by atoms with Crippen molar-refractivity contribution in [1.29, 1.82) is 0 Å². The van der Waals surface area contributed by atoms with Crippen molar-refractivity contribution in [3.63, 3.8) is 0 Å². The summed E-state index contributed by atoms with van der Waals surface area (Å²) in [4.78, 5) is 8.26. The highest BCUT2D eigenvalue weighted by Gasteiger charge is 2.04. The highest BCUT2D eigenvalue weighted by Crippen LogP contribution is 2.17. The van der Waals surface area contributed by atoms with Gasteiger partial charge in [-0.15, -0.1) is 0 Å². The zero-order valence-corrected chi connectivity index (χ0v) is 9.04. The van der Waals surface area contributed by atoms with Gasteiger partial charge in [-0.05, 0) is 12.1 Å². The molecule has 2 rings (SSSR count). The quantitative estimate of drug-likeness (QED) is 0.838. The second kappa shape index (κ2) is 4.52. The smallest absolute Gasteiger partial charge is 0.248 e. The van der Waals surface area contributed by atoms with Crippen LogP contribution in [0.1, 0.15) is 0 Å². The number of nitrogens with one attached hydrogen (secondary N) is 1. The topological polar surface area (TPSA) is 61.2 Å². The molecule has 6 nitrogen and oxygen atoms in total. The molecule has 0 aliphatic rings. The Morgan fingerprint density at radius 2 is 1.62 bits per heavy atom. The van der Waals surface area contributed by atoms with Gasteiger partial charge in [-0.25, -0.2) is 0 Å². The molecule has 0 bridgehead atoms. The first kappa shape index (κ1) is 10.3. The van der Waals surface area contributed by atoms with E-state index in [0.717, 1.165) is 0 Å². The maximum absolute atomic E-state index is 5.04. The molecule has 1 N–H and O–H groups in total. The van der Waals surface area contributed by atoms with E-state index in [1.807, 2.05) is 24.5 Å². The van der Waals surface area contributed by atoms with Gasteiger partial charge < -0.3 is 9.47 Å². The van der Waals surface area contributed by atoms with Gasteiger partial charge in [0.25, 0.3) is 0 Å². The van der Waals surface area contributed by atoms with Crippen molar-refractivity contribution < 1.29 is 9.47 Å². The summed E-state index contributed by atoms with van der Waals surface area (Å²) in [6, 6.07) is 5.40. The van der Waals surface area contributed by atoms with E-state index < -0.39 is 0 Å². The number of nitrogens with zero attached hydrogens (tertiary/aromatic N) is 3. The molecule has 0 spiro atoms. The Balaban J connectivity index is 2.26. The molecular formula is C10H12N4O2. The predicted molar refractivity (Wildman–Crippen MR) is 58.6 cm³/mol. The van der Waals surface area contributed by atoms with Crippen molar-refractivity contribution in [1.82, 2.24) is 14.6 Å². The van der Waals surface area contributed by atoms with Crippen molar-refractivity contribution in [2.24, 2.45) is 0 Å². The fourth-order valence-corrected chi connectivity index (χ4v) is 1.19. The van der Waals surface area contributed by atoms with Crippen molar-refractivity contribution in [2.45, 2.75) is 0 Å². The molecule has 84 valence electrons. The molecule has 2 aromatic heterocycles. The SMILES string of the molecule is COc1cc(OC)nc(Nn2cccc2)n1. The maximum atomic E-state index is 5.04. The minimum Gasteiger partial charge on any atom is -0.481 e. The van der Waals surface area contributed by atoms with Crippen LogP contribution in [0.3, 0.4) is 0 Å². The van der Waals surface area contributed by atoms with Crippen LogP contribution in [0.2, 0.25) is 0 Å². The lowest BCUT2D eigenvalue weighted by atomic mass is 10.6. The number of rotatable bonds is 4. The maximum Gasteiger partial charge on any atom is 0.248 e. The molecule has 0 radical (unpaired) electrons. The summed E-state index contributed by atoms with van der Waals surface area (Å²) in [7, 11) is 3.09. The zero-order valence-electron chi connectivity index (χ0n) is 9.04. The van der Waals surface area contributed by atoms with Gasteiger partial charge in [-0.1, -0.05) is 0 Å². The fraction of sp³-hybridized carbons (Fsp3) is 0.200. The van der Waals surface area contributed by atoms with Crippen LogP contribution < -0.4 is 14.9 Å². The number of anilines is 1. The standard InChI is InChI=1S/C10H12N4O2/c1-15-8-7-9(16-2)12-10(11-8)13-14-5-3-4-6-14/h3-7H,1-2H3,(H,11,12,13). The molecule has 6 heteroatoms. The third-order valence-electron chi connectivity index (χ3n) is 1.93. The first-order valence-electron chi connectivity index (χ1n) is 4.69. The van der Waals surface area contributed by atoms with E-state index in [-0.39, 0.29) is 0 Å². The lowest BCUT2D eigenvalue weighted by molar-refractivity contribution is 0.372. The van der Waals surface area contributed by atoms with E-state index in [2.05, 4.69) is 15.4 Å². The first-order chi connectivity index (χ1) is 7.81. The Bertz CT molecular complexity index is 434. The average Bonchev–Trinajstić information content (AvgIpc) is 2.81. The monoisotopic (exact) mass is 220 g/mol. The van der Waals surface area contributed by atoms with E-state index in [0.29, 0.717) is 17.7 Å². The fourth-order valence-electron chi connectivity index (χ4n) is 1.19. The van der Waals surface area contributed by atoms with Gasteiger partial charge in [0.15, 0.2) is 0 Å². The minimum absolute atomic E-state index is 0.410. The molecule has 2 heterocycles. The van der Waals surface area contributed by atoms with Gasteiger partial charge in [0.05, 0.1) is 20.3 Å². The molecule has 16 heavy (non-hydrogen) atoms. The summed E-state index contributed by atoms with van der Waals surface area (Å²) in [6.45, 7) is 0. The molecular weight excluding hydrogens is 208 g/mol. The molecule has 0 amide bonds. The van der Waals surface area contributed by atoms with Gasteiger partial charge in [-0.2, -0.15) is 9.97 Å². The number of aromatic nitrogens is 3. The van der Waals surface area contributed by atoms with Crippen LogP contribution in [-0.4, -0.2) is 28.9 Å². The lowest BCUT2D eigenvalue weighted by Gasteiger charge is -2.08.